The SMILES string of the molecule is C=C1N=C2C(=O)c3cccc(C)c3C2=NN1N. The number of hydrogen-bond donors (Lipinski definition) is 1. The van der Waals surface area contributed by atoms with Gasteiger partial charge in [-0.05, 0) is 12.5 Å². The van der Waals surface area contributed by atoms with Crippen LogP contribution >= 0.6 is 0 Å². The monoisotopic (exact) mass is 226 g/mol. The molecular weight excluding hydrogens is 216 g/mol. The van der Waals surface area contributed by atoms with Crippen LogP contribution in [0.1, 0.15) is 21.5 Å². The number of hydrazine groups is 1. The number of aliphatic imine (C=N–C) groups is 1. The Kier molecular flexibility index (Phi) is 1.82. The van der Waals surface area contributed by atoms with Crippen molar-refractivity contribution in [3.63, 3.8) is 0 Å². The van der Waals surface area contributed by atoms with E-state index in [1.807, 2.05) is 19.1 Å². The molecule has 0 radical (unpaired) electrons. The van der Waals surface area contributed by atoms with Gasteiger partial charge < -0.3 is 0 Å². The van der Waals surface area contributed by atoms with E-state index in [0.29, 0.717) is 17.0 Å². The van der Waals surface area contributed by atoms with E-state index in [1.165, 1.54) is 0 Å². The highest BCUT2D eigenvalue weighted by molar-refractivity contribution is 6.78. The Bertz CT molecular complexity index is 627. The molecule has 84 valence electrons. The van der Waals surface area contributed by atoms with E-state index in [-0.39, 0.29) is 11.6 Å². The molecule has 0 saturated carbocycles. The lowest BCUT2D eigenvalue weighted by Gasteiger charge is -2.17. The van der Waals surface area contributed by atoms with Crippen molar-refractivity contribution in [3.8, 4) is 0 Å². The molecular formula is C12H10N4O. The molecule has 1 aromatic rings. The smallest absolute Gasteiger partial charge is 0.214 e. The average Bonchev–Trinajstić information content (AvgIpc) is 2.56. The number of benzene rings is 1. The Balaban J connectivity index is 2.32. The molecule has 1 aliphatic carbocycles. The van der Waals surface area contributed by atoms with Gasteiger partial charge in [-0.1, -0.05) is 24.8 Å². The zero-order valence-electron chi connectivity index (χ0n) is 9.27. The van der Waals surface area contributed by atoms with E-state index in [9.17, 15) is 4.79 Å². The third kappa shape index (κ3) is 1.20. The number of hydrazone groups is 1. The molecule has 1 heterocycles. The number of rotatable bonds is 0. The average molecular weight is 226 g/mol. The van der Waals surface area contributed by atoms with Gasteiger partial charge in [-0.15, -0.1) is 0 Å². The van der Waals surface area contributed by atoms with Crippen LogP contribution in [-0.4, -0.2) is 22.3 Å². The maximum absolute atomic E-state index is 12.1. The largest absolute Gasteiger partial charge is 0.287 e. The predicted molar refractivity (Wildman–Crippen MR) is 64.6 cm³/mol. The molecule has 0 amide bonds. The summed E-state index contributed by atoms with van der Waals surface area (Å²) in [5.41, 5.74) is 3.31. The number of ketones is 1. The molecule has 0 atom stereocenters. The first-order valence-electron chi connectivity index (χ1n) is 5.15. The van der Waals surface area contributed by atoms with Gasteiger partial charge in [0, 0.05) is 11.1 Å². The van der Waals surface area contributed by atoms with Crippen molar-refractivity contribution >= 4 is 17.2 Å². The number of Topliss-reactive ketones (excluding diaryl/α,β-unsaturated/α-hetero) is 1. The minimum atomic E-state index is -0.114. The summed E-state index contributed by atoms with van der Waals surface area (Å²) in [6, 6.07) is 5.55. The summed E-state index contributed by atoms with van der Waals surface area (Å²) in [7, 11) is 0. The van der Waals surface area contributed by atoms with E-state index in [0.717, 1.165) is 16.2 Å². The van der Waals surface area contributed by atoms with Crippen LogP contribution in [0.25, 0.3) is 0 Å². The molecule has 0 bridgehead atoms. The Morgan fingerprint density at radius 3 is 2.88 bits per heavy atom. The van der Waals surface area contributed by atoms with Gasteiger partial charge in [0.15, 0.2) is 5.82 Å². The zero-order chi connectivity index (χ0) is 12.2. The molecule has 5 heteroatoms. The number of carbonyl (C=O) groups is 1. The maximum atomic E-state index is 12.1. The van der Waals surface area contributed by atoms with Crippen LogP contribution in [0.2, 0.25) is 0 Å². The Morgan fingerprint density at radius 2 is 2.12 bits per heavy atom. The van der Waals surface area contributed by atoms with Crippen molar-refractivity contribution < 1.29 is 4.79 Å². The quantitative estimate of drug-likeness (QED) is 0.671. The van der Waals surface area contributed by atoms with E-state index >= 15 is 0 Å². The Hall–Kier alpha value is -2.27. The first-order chi connectivity index (χ1) is 8.09. The number of hydrogen-bond acceptors (Lipinski definition) is 5. The summed E-state index contributed by atoms with van der Waals surface area (Å²) in [6.07, 6.45) is 0. The summed E-state index contributed by atoms with van der Waals surface area (Å²) in [4.78, 5) is 16.2. The summed E-state index contributed by atoms with van der Waals surface area (Å²) in [6.45, 7) is 5.56. The molecule has 2 N–H and O–H groups in total. The first-order valence-corrected chi connectivity index (χ1v) is 5.15. The molecule has 0 fully saturated rings. The fourth-order valence-corrected chi connectivity index (χ4v) is 2.07. The van der Waals surface area contributed by atoms with Crippen LogP contribution in [-0.2, 0) is 0 Å². The minimum Gasteiger partial charge on any atom is -0.287 e. The summed E-state index contributed by atoms with van der Waals surface area (Å²) in [5, 5.41) is 5.25. The molecule has 2 aliphatic rings. The lowest BCUT2D eigenvalue weighted by atomic mass is 10.0. The standard InChI is InChI=1S/C12H10N4O/c1-6-4-3-5-8-9(6)10-11(12(8)17)14-7(2)16(13)15-10/h3-5H,2,13H2,1H3. The van der Waals surface area contributed by atoms with Crippen LogP contribution in [0.3, 0.4) is 0 Å². The second-order valence-corrected chi connectivity index (χ2v) is 4.00. The van der Waals surface area contributed by atoms with Crippen molar-refractivity contribution in [2.75, 3.05) is 0 Å². The van der Waals surface area contributed by atoms with Gasteiger partial charge in [-0.2, -0.15) is 10.2 Å². The number of fused-ring (bicyclic) bond motifs is 3. The third-order valence-electron chi connectivity index (χ3n) is 2.91. The van der Waals surface area contributed by atoms with Gasteiger partial charge in [-0.25, -0.2) is 10.8 Å². The number of nitrogens with two attached hydrogens (primary N) is 1. The molecule has 0 unspecified atom stereocenters. The topological polar surface area (TPSA) is 71.0 Å². The van der Waals surface area contributed by atoms with Gasteiger partial charge in [0.05, 0.1) is 0 Å². The lowest BCUT2D eigenvalue weighted by molar-refractivity contribution is 0.106. The summed E-state index contributed by atoms with van der Waals surface area (Å²) < 4.78 is 0. The number of aryl methyl sites for hydroxylation is 1. The Labute approximate surface area is 97.9 Å². The van der Waals surface area contributed by atoms with E-state index in [1.54, 1.807) is 6.07 Å². The predicted octanol–water partition coefficient (Wildman–Crippen LogP) is 0.997. The van der Waals surface area contributed by atoms with Gasteiger partial charge in [0.25, 0.3) is 0 Å². The van der Waals surface area contributed by atoms with Gasteiger partial charge in [0.2, 0.25) is 5.78 Å². The van der Waals surface area contributed by atoms with E-state index in [4.69, 9.17) is 5.84 Å². The van der Waals surface area contributed by atoms with Gasteiger partial charge >= 0.3 is 0 Å². The molecule has 0 saturated heterocycles. The minimum absolute atomic E-state index is 0.114. The molecule has 0 aromatic heterocycles. The second kappa shape index (κ2) is 3.11. The van der Waals surface area contributed by atoms with Crippen LogP contribution in [0, 0.1) is 6.92 Å². The molecule has 1 aliphatic heterocycles. The molecule has 0 spiro atoms. The van der Waals surface area contributed by atoms with Gasteiger partial charge in [0.1, 0.15) is 11.4 Å². The number of nitrogens with zero attached hydrogens (tertiary/aromatic N) is 3. The molecule has 1 aromatic carbocycles. The van der Waals surface area contributed by atoms with Crippen LogP contribution < -0.4 is 5.84 Å². The summed E-state index contributed by atoms with van der Waals surface area (Å²) >= 11 is 0. The van der Waals surface area contributed by atoms with Gasteiger partial charge in [-0.3, -0.25) is 4.79 Å². The first kappa shape index (κ1) is 9.92. The highest BCUT2D eigenvalue weighted by atomic mass is 16.1. The summed E-state index contributed by atoms with van der Waals surface area (Å²) in [5.74, 6) is 5.77. The van der Waals surface area contributed by atoms with Crippen molar-refractivity contribution in [1.82, 2.24) is 5.12 Å². The second-order valence-electron chi connectivity index (χ2n) is 4.00. The molecule has 3 rings (SSSR count). The van der Waals surface area contributed by atoms with E-state index < -0.39 is 0 Å². The lowest BCUT2D eigenvalue weighted by Crippen LogP contribution is -2.32. The fraction of sp³-hybridized carbons (Fsp3) is 0.0833. The highest BCUT2D eigenvalue weighted by Crippen LogP contribution is 2.27. The zero-order valence-corrected chi connectivity index (χ0v) is 9.27. The molecule has 17 heavy (non-hydrogen) atoms. The highest BCUT2D eigenvalue weighted by Gasteiger charge is 2.36. The maximum Gasteiger partial charge on any atom is 0.214 e. The normalized spacial score (nSPS) is 17.6. The number of carbonyl (C=O) groups excluding carboxylic acids is 1. The van der Waals surface area contributed by atoms with Crippen molar-refractivity contribution in [2.24, 2.45) is 15.9 Å². The molecule has 5 nitrogen and oxygen atoms in total. The van der Waals surface area contributed by atoms with Crippen molar-refractivity contribution in [3.05, 3.63) is 47.3 Å². The van der Waals surface area contributed by atoms with Crippen molar-refractivity contribution in [1.29, 1.82) is 0 Å². The van der Waals surface area contributed by atoms with Crippen molar-refractivity contribution in [2.45, 2.75) is 6.92 Å². The Morgan fingerprint density at radius 1 is 1.35 bits per heavy atom. The fourth-order valence-electron chi connectivity index (χ4n) is 2.07. The van der Waals surface area contributed by atoms with Crippen LogP contribution in [0.15, 0.2) is 40.7 Å². The van der Waals surface area contributed by atoms with E-state index in [2.05, 4.69) is 16.7 Å². The van der Waals surface area contributed by atoms with Crippen LogP contribution in [0.4, 0.5) is 0 Å². The third-order valence-corrected chi connectivity index (χ3v) is 2.91. The van der Waals surface area contributed by atoms with Crippen LogP contribution in [0.5, 0.6) is 0 Å².